The number of carbonyl (C=O) groups is 1. The van der Waals surface area contributed by atoms with Crippen molar-refractivity contribution in [1.29, 1.82) is 0 Å². The third kappa shape index (κ3) is 3.94. The fourth-order valence-corrected chi connectivity index (χ4v) is 2.55. The summed E-state index contributed by atoms with van der Waals surface area (Å²) in [5.41, 5.74) is 0.805. The van der Waals surface area contributed by atoms with Crippen molar-refractivity contribution in [2.24, 2.45) is 5.92 Å². The van der Waals surface area contributed by atoms with Gasteiger partial charge in [0.15, 0.2) is 0 Å². The Labute approximate surface area is 113 Å². The van der Waals surface area contributed by atoms with Crippen LogP contribution in [0.5, 0.6) is 0 Å². The number of carbonyl (C=O) groups excluding carboxylic acids is 1. The molecule has 1 aliphatic carbocycles. The van der Waals surface area contributed by atoms with Crippen molar-refractivity contribution in [3.05, 3.63) is 30.1 Å². The molecule has 0 amide bonds. The lowest BCUT2D eigenvalue weighted by atomic mass is 9.86. The van der Waals surface area contributed by atoms with Crippen LogP contribution in [0.2, 0.25) is 0 Å². The molecular formula is C15H20FNO2. The van der Waals surface area contributed by atoms with E-state index in [1.54, 1.807) is 6.07 Å². The molecule has 3 nitrogen and oxygen atoms in total. The van der Waals surface area contributed by atoms with Gasteiger partial charge in [-0.2, -0.15) is 0 Å². The van der Waals surface area contributed by atoms with Gasteiger partial charge >= 0.3 is 5.97 Å². The van der Waals surface area contributed by atoms with Crippen molar-refractivity contribution < 1.29 is 13.9 Å². The van der Waals surface area contributed by atoms with E-state index in [1.165, 1.54) is 12.1 Å². The molecule has 0 atom stereocenters. The van der Waals surface area contributed by atoms with Gasteiger partial charge in [0.25, 0.3) is 0 Å². The summed E-state index contributed by atoms with van der Waals surface area (Å²) >= 11 is 0. The normalized spacial score (nSPS) is 22.8. The van der Waals surface area contributed by atoms with Gasteiger partial charge in [0.1, 0.15) is 5.82 Å². The summed E-state index contributed by atoms with van der Waals surface area (Å²) < 4.78 is 18.1. The molecule has 1 aromatic rings. The molecule has 1 aliphatic rings. The fourth-order valence-electron chi connectivity index (χ4n) is 2.55. The number of halogens is 1. The minimum Gasteiger partial charge on any atom is -0.466 e. The zero-order valence-electron chi connectivity index (χ0n) is 11.2. The summed E-state index contributed by atoms with van der Waals surface area (Å²) in [6.45, 7) is 2.27. The molecule has 0 aliphatic heterocycles. The van der Waals surface area contributed by atoms with Crippen molar-refractivity contribution in [2.75, 3.05) is 11.9 Å². The summed E-state index contributed by atoms with van der Waals surface area (Å²) in [6.07, 6.45) is 3.51. The highest BCUT2D eigenvalue weighted by atomic mass is 19.1. The lowest BCUT2D eigenvalue weighted by Crippen LogP contribution is -2.30. The molecule has 0 bridgehead atoms. The van der Waals surface area contributed by atoms with E-state index in [1.807, 2.05) is 13.0 Å². The maximum Gasteiger partial charge on any atom is 0.308 e. The van der Waals surface area contributed by atoms with Gasteiger partial charge in [0, 0.05) is 11.7 Å². The Morgan fingerprint density at radius 3 is 2.74 bits per heavy atom. The molecule has 1 aromatic carbocycles. The Hall–Kier alpha value is -1.58. The number of anilines is 1. The number of ether oxygens (including phenoxy) is 1. The second-order valence-electron chi connectivity index (χ2n) is 4.96. The zero-order chi connectivity index (χ0) is 13.7. The van der Waals surface area contributed by atoms with E-state index in [0.717, 1.165) is 31.4 Å². The summed E-state index contributed by atoms with van der Waals surface area (Å²) in [4.78, 5) is 11.6. The molecule has 2 rings (SSSR count). The van der Waals surface area contributed by atoms with Gasteiger partial charge < -0.3 is 10.1 Å². The van der Waals surface area contributed by atoms with Crippen molar-refractivity contribution in [1.82, 2.24) is 0 Å². The number of hydrogen-bond acceptors (Lipinski definition) is 3. The molecule has 4 heteroatoms. The van der Waals surface area contributed by atoms with Gasteiger partial charge in [-0.1, -0.05) is 6.07 Å². The van der Waals surface area contributed by atoms with Crippen LogP contribution >= 0.6 is 0 Å². The number of benzene rings is 1. The molecule has 0 saturated heterocycles. The standard InChI is InChI=1S/C15H20FNO2/c1-2-19-15(18)11-6-8-13(9-7-11)17-14-5-3-4-12(16)10-14/h3-5,10-11,13,17H,2,6-9H2,1H3. The third-order valence-electron chi connectivity index (χ3n) is 3.54. The lowest BCUT2D eigenvalue weighted by Gasteiger charge is -2.28. The van der Waals surface area contributed by atoms with Crippen LogP contribution in [0.15, 0.2) is 24.3 Å². The number of hydrogen-bond donors (Lipinski definition) is 1. The van der Waals surface area contributed by atoms with E-state index < -0.39 is 0 Å². The molecule has 19 heavy (non-hydrogen) atoms. The smallest absolute Gasteiger partial charge is 0.308 e. The quantitative estimate of drug-likeness (QED) is 0.848. The zero-order valence-corrected chi connectivity index (χ0v) is 11.2. The molecule has 0 unspecified atom stereocenters. The third-order valence-corrected chi connectivity index (χ3v) is 3.54. The molecule has 0 heterocycles. The van der Waals surface area contributed by atoms with E-state index in [4.69, 9.17) is 4.74 Å². The highest BCUT2D eigenvalue weighted by Crippen LogP contribution is 2.27. The first-order valence-corrected chi connectivity index (χ1v) is 6.87. The van der Waals surface area contributed by atoms with Crippen LogP contribution in [0, 0.1) is 11.7 Å². The molecule has 0 radical (unpaired) electrons. The first-order chi connectivity index (χ1) is 9.19. The van der Waals surface area contributed by atoms with Gasteiger partial charge in [-0.25, -0.2) is 4.39 Å². The SMILES string of the molecule is CCOC(=O)C1CCC(Nc2cccc(F)c2)CC1. The number of rotatable bonds is 4. The Morgan fingerprint density at radius 1 is 1.37 bits per heavy atom. The monoisotopic (exact) mass is 265 g/mol. The maximum atomic E-state index is 13.1. The Balaban J connectivity index is 1.82. The highest BCUT2D eigenvalue weighted by molar-refractivity contribution is 5.72. The van der Waals surface area contributed by atoms with Crippen LogP contribution in [0.3, 0.4) is 0 Å². The molecule has 0 aromatic heterocycles. The molecular weight excluding hydrogens is 245 g/mol. The number of nitrogens with one attached hydrogen (secondary N) is 1. The Kier molecular flexibility index (Phi) is 4.77. The predicted octanol–water partition coefficient (Wildman–Crippen LogP) is 3.36. The minimum absolute atomic E-state index is 0.0329. The van der Waals surface area contributed by atoms with Crippen LogP contribution in [0.1, 0.15) is 32.6 Å². The molecule has 1 N–H and O–H groups in total. The summed E-state index contributed by atoms with van der Waals surface area (Å²) in [5, 5.41) is 3.32. The molecule has 104 valence electrons. The topological polar surface area (TPSA) is 38.3 Å². The average Bonchev–Trinajstić information content (AvgIpc) is 2.40. The second kappa shape index (κ2) is 6.55. The van der Waals surface area contributed by atoms with Crippen LogP contribution in [0.25, 0.3) is 0 Å². The maximum absolute atomic E-state index is 13.1. The van der Waals surface area contributed by atoms with Gasteiger partial charge in [0.05, 0.1) is 12.5 Å². The molecule has 1 saturated carbocycles. The van der Waals surface area contributed by atoms with E-state index in [0.29, 0.717) is 12.6 Å². The average molecular weight is 265 g/mol. The Bertz CT molecular complexity index is 428. The van der Waals surface area contributed by atoms with E-state index in [2.05, 4.69) is 5.32 Å². The predicted molar refractivity (Wildman–Crippen MR) is 72.4 cm³/mol. The number of esters is 1. The van der Waals surface area contributed by atoms with Gasteiger partial charge in [0.2, 0.25) is 0 Å². The second-order valence-corrected chi connectivity index (χ2v) is 4.96. The van der Waals surface area contributed by atoms with Crippen LogP contribution in [0.4, 0.5) is 10.1 Å². The largest absolute Gasteiger partial charge is 0.466 e. The fraction of sp³-hybridized carbons (Fsp3) is 0.533. The van der Waals surface area contributed by atoms with E-state index in [-0.39, 0.29) is 17.7 Å². The summed E-state index contributed by atoms with van der Waals surface area (Å²) in [5.74, 6) is -0.276. The lowest BCUT2D eigenvalue weighted by molar-refractivity contribution is -0.149. The molecule has 0 spiro atoms. The summed E-state index contributed by atoms with van der Waals surface area (Å²) in [6, 6.07) is 6.80. The van der Waals surface area contributed by atoms with Gasteiger partial charge in [-0.15, -0.1) is 0 Å². The van der Waals surface area contributed by atoms with Gasteiger partial charge in [-0.3, -0.25) is 4.79 Å². The van der Waals surface area contributed by atoms with Crippen molar-refractivity contribution in [3.63, 3.8) is 0 Å². The van der Waals surface area contributed by atoms with Crippen LogP contribution < -0.4 is 5.32 Å². The van der Waals surface area contributed by atoms with Crippen molar-refractivity contribution in [2.45, 2.75) is 38.6 Å². The molecule has 1 fully saturated rings. The summed E-state index contributed by atoms with van der Waals surface area (Å²) in [7, 11) is 0. The van der Waals surface area contributed by atoms with Crippen LogP contribution in [-0.4, -0.2) is 18.6 Å². The minimum atomic E-state index is -0.231. The first kappa shape index (κ1) is 13.8. The van der Waals surface area contributed by atoms with Gasteiger partial charge in [-0.05, 0) is 50.8 Å². The van der Waals surface area contributed by atoms with Crippen molar-refractivity contribution >= 4 is 11.7 Å². The van der Waals surface area contributed by atoms with E-state index >= 15 is 0 Å². The van der Waals surface area contributed by atoms with Crippen LogP contribution in [-0.2, 0) is 9.53 Å². The first-order valence-electron chi connectivity index (χ1n) is 6.87. The van der Waals surface area contributed by atoms with Crippen molar-refractivity contribution in [3.8, 4) is 0 Å². The van der Waals surface area contributed by atoms with E-state index in [9.17, 15) is 9.18 Å². The highest BCUT2D eigenvalue weighted by Gasteiger charge is 2.27. The Morgan fingerprint density at radius 2 is 2.11 bits per heavy atom.